The van der Waals surface area contributed by atoms with E-state index in [1.807, 2.05) is 30.3 Å². The molecule has 1 aromatic carbocycles. The average molecular weight is 418 g/mol. The number of carbonyl (C=O) groups is 3. The first-order chi connectivity index (χ1) is 13.6. The number of ether oxygens (including phenoxy) is 2. The molecule has 7 heteroatoms. The summed E-state index contributed by atoms with van der Waals surface area (Å²) in [4.78, 5) is 37.7. The zero-order valence-electron chi connectivity index (χ0n) is 17.5. The van der Waals surface area contributed by atoms with E-state index in [9.17, 15) is 14.4 Å². The van der Waals surface area contributed by atoms with E-state index in [1.54, 1.807) is 34.6 Å². The lowest BCUT2D eigenvalue weighted by molar-refractivity contribution is -0.123. The van der Waals surface area contributed by atoms with Gasteiger partial charge in [0.15, 0.2) is 0 Å². The molecule has 29 heavy (non-hydrogen) atoms. The molecular weight excluding hydrogens is 390 g/mol. The highest BCUT2D eigenvalue weighted by molar-refractivity contribution is 7.18. The molecule has 2 aromatic rings. The molecule has 0 unspecified atom stereocenters. The van der Waals surface area contributed by atoms with Crippen LogP contribution in [0.4, 0.5) is 5.00 Å². The Morgan fingerprint density at radius 3 is 2.28 bits per heavy atom. The molecule has 2 rings (SSSR count). The van der Waals surface area contributed by atoms with Gasteiger partial charge in [-0.15, -0.1) is 11.3 Å². The van der Waals surface area contributed by atoms with Crippen LogP contribution in [0.15, 0.2) is 30.3 Å². The predicted molar refractivity (Wildman–Crippen MR) is 114 cm³/mol. The molecule has 1 N–H and O–H groups in total. The number of benzene rings is 1. The van der Waals surface area contributed by atoms with Gasteiger partial charge in [0.2, 0.25) is 5.91 Å². The number of rotatable bonds is 7. The first kappa shape index (κ1) is 22.6. The molecule has 0 atom stereocenters. The highest BCUT2D eigenvalue weighted by Gasteiger charge is 2.30. The molecule has 1 amide bonds. The van der Waals surface area contributed by atoms with Gasteiger partial charge in [-0.3, -0.25) is 4.79 Å². The third-order valence-electron chi connectivity index (χ3n) is 4.19. The number of carbonyl (C=O) groups excluding carboxylic acids is 3. The second kappa shape index (κ2) is 9.69. The van der Waals surface area contributed by atoms with Gasteiger partial charge in [-0.1, -0.05) is 51.1 Å². The van der Waals surface area contributed by atoms with E-state index in [4.69, 9.17) is 9.47 Å². The molecule has 156 valence electrons. The number of nitrogens with one attached hydrogen (secondary N) is 1. The Balaban J connectivity index is 2.22. The average Bonchev–Trinajstić information content (AvgIpc) is 2.98. The second-order valence-corrected chi connectivity index (χ2v) is 8.58. The van der Waals surface area contributed by atoms with Crippen molar-refractivity contribution in [3.05, 3.63) is 51.9 Å². The summed E-state index contributed by atoms with van der Waals surface area (Å²) in [5.74, 6) is -1.35. The maximum Gasteiger partial charge on any atom is 0.348 e. The van der Waals surface area contributed by atoms with Gasteiger partial charge in [0.1, 0.15) is 9.88 Å². The summed E-state index contributed by atoms with van der Waals surface area (Å²) < 4.78 is 10.5. The van der Waals surface area contributed by atoms with Crippen molar-refractivity contribution in [3.8, 4) is 0 Å². The van der Waals surface area contributed by atoms with Gasteiger partial charge in [-0.2, -0.15) is 0 Å². The minimum absolute atomic E-state index is 0.192. The summed E-state index contributed by atoms with van der Waals surface area (Å²) in [6.45, 7) is 9.08. The number of anilines is 1. The first-order valence-electron chi connectivity index (χ1n) is 9.48. The molecule has 0 saturated carbocycles. The highest BCUT2D eigenvalue weighted by Crippen LogP contribution is 2.35. The van der Waals surface area contributed by atoms with Crippen molar-refractivity contribution < 1.29 is 23.9 Å². The van der Waals surface area contributed by atoms with Gasteiger partial charge in [0, 0.05) is 11.8 Å². The van der Waals surface area contributed by atoms with E-state index < -0.39 is 17.4 Å². The molecule has 0 saturated heterocycles. The zero-order valence-corrected chi connectivity index (χ0v) is 18.3. The van der Waals surface area contributed by atoms with Crippen molar-refractivity contribution in [2.75, 3.05) is 18.5 Å². The van der Waals surface area contributed by atoms with Crippen molar-refractivity contribution in [2.24, 2.45) is 5.41 Å². The largest absolute Gasteiger partial charge is 0.462 e. The van der Waals surface area contributed by atoms with Crippen LogP contribution in [0.3, 0.4) is 0 Å². The third-order valence-corrected chi connectivity index (χ3v) is 5.37. The Labute approximate surface area is 175 Å². The van der Waals surface area contributed by atoms with E-state index in [0.717, 1.165) is 16.9 Å². The number of thiophene rings is 1. The fraction of sp³-hybridized carbons (Fsp3) is 0.409. The Hall–Kier alpha value is -2.67. The van der Waals surface area contributed by atoms with E-state index in [2.05, 4.69) is 5.32 Å². The minimum atomic E-state index is -0.653. The maximum atomic E-state index is 12.6. The first-order valence-corrected chi connectivity index (χ1v) is 10.3. The number of amides is 1. The molecule has 0 fully saturated rings. The number of hydrogen-bond acceptors (Lipinski definition) is 6. The van der Waals surface area contributed by atoms with Gasteiger partial charge in [0.05, 0.1) is 18.8 Å². The topological polar surface area (TPSA) is 81.7 Å². The van der Waals surface area contributed by atoms with Crippen LogP contribution in [0.25, 0.3) is 0 Å². The van der Waals surface area contributed by atoms with Crippen LogP contribution in [-0.4, -0.2) is 31.1 Å². The summed E-state index contributed by atoms with van der Waals surface area (Å²) >= 11 is 1.03. The molecule has 1 aromatic heterocycles. The lowest BCUT2D eigenvalue weighted by Gasteiger charge is -2.17. The number of hydrogen-bond donors (Lipinski definition) is 1. The fourth-order valence-corrected chi connectivity index (χ4v) is 3.59. The lowest BCUT2D eigenvalue weighted by atomic mass is 9.96. The summed E-state index contributed by atoms with van der Waals surface area (Å²) in [5, 5.41) is 3.06. The molecule has 1 heterocycles. The molecule has 0 aliphatic rings. The normalized spacial score (nSPS) is 11.1. The van der Waals surface area contributed by atoms with Crippen molar-refractivity contribution in [1.29, 1.82) is 0 Å². The quantitative estimate of drug-likeness (QED) is 0.665. The molecule has 0 spiro atoms. The Morgan fingerprint density at radius 1 is 1.03 bits per heavy atom. The van der Waals surface area contributed by atoms with Crippen LogP contribution in [0, 0.1) is 12.3 Å². The van der Waals surface area contributed by atoms with Crippen molar-refractivity contribution in [2.45, 2.75) is 41.0 Å². The van der Waals surface area contributed by atoms with Crippen molar-refractivity contribution in [1.82, 2.24) is 0 Å². The summed E-state index contributed by atoms with van der Waals surface area (Å²) in [7, 11) is 0. The van der Waals surface area contributed by atoms with Gasteiger partial charge >= 0.3 is 11.9 Å². The summed E-state index contributed by atoms with van der Waals surface area (Å²) in [6.07, 6.45) is 0.593. The SMILES string of the molecule is CCOC(=O)c1c(NC(=O)C(C)(C)C)sc(C(=O)OCCc2ccccc2)c1C. The van der Waals surface area contributed by atoms with Crippen molar-refractivity contribution in [3.63, 3.8) is 0 Å². The van der Waals surface area contributed by atoms with Crippen LogP contribution in [0.2, 0.25) is 0 Å². The Kier molecular flexibility index (Phi) is 7.56. The van der Waals surface area contributed by atoms with Crippen LogP contribution in [0.5, 0.6) is 0 Å². The van der Waals surface area contributed by atoms with Gasteiger partial charge < -0.3 is 14.8 Å². The molecule has 6 nitrogen and oxygen atoms in total. The monoisotopic (exact) mass is 417 g/mol. The van der Waals surface area contributed by atoms with Gasteiger partial charge in [-0.05, 0) is 25.0 Å². The fourth-order valence-electron chi connectivity index (χ4n) is 2.51. The predicted octanol–water partition coefficient (Wildman–Crippen LogP) is 4.62. The van der Waals surface area contributed by atoms with Crippen LogP contribution < -0.4 is 5.32 Å². The lowest BCUT2D eigenvalue weighted by Crippen LogP contribution is -2.28. The summed E-state index contributed by atoms with van der Waals surface area (Å²) in [6, 6.07) is 9.70. The highest BCUT2D eigenvalue weighted by atomic mass is 32.1. The van der Waals surface area contributed by atoms with E-state index in [-0.39, 0.29) is 29.6 Å². The van der Waals surface area contributed by atoms with E-state index in [0.29, 0.717) is 17.0 Å². The molecule has 0 aliphatic heterocycles. The van der Waals surface area contributed by atoms with E-state index in [1.165, 1.54) is 0 Å². The van der Waals surface area contributed by atoms with Crippen LogP contribution in [-0.2, 0) is 20.7 Å². The minimum Gasteiger partial charge on any atom is -0.462 e. The zero-order chi connectivity index (χ0) is 21.6. The van der Waals surface area contributed by atoms with Gasteiger partial charge in [-0.25, -0.2) is 9.59 Å². The van der Waals surface area contributed by atoms with Crippen LogP contribution in [0.1, 0.15) is 58.9 Å². The smallest absolute Gasteiger partial charge is 0.348 e. The standard InChI is InChI=1S/C22H27NO5S/c1-6-27-19(24)16-14(2)17(29-18(16)23-21(26)22(3,4)5)20(25)28-13-12-15-10-8-7-9-11-15/h7-11H,6,12-13H2,1-5H3,(H,23,26). The molecule has 0 aliphatic carbocycles. The van der Waals surface area contributed by atoms with Crippen LogP contribution >= 0.6 is 11.3 Å². The Morgan fingerprint density at radius 2 is 1.69 bits per heavy atom. The van der Waals surface area contributed by atoms with Gasteiger partial charge in [0.25, 0.3) is 0 Å². The maximum absolute atomic E-state index is 12.6. The number of esters is 2. The Bertz CT molecular complexity index is 881. The molecule has 0 bridgehead atoms. The van der Waals surface area contributed by atoms with Crippen molar-refractivity contribution >= 4 is 34.2 Å². The molecular formula is C22H27NO5S. The molecule has 0 radical (unpaired) electrons. The summed E-state index contributed by atoms with van der Waals surface area (Å²) in [5.41, 5.74) is 1.06. The second-order valence-electron chi connectivity index (χ2n) is 7.56. The third kappa shape index (κ3) is 5.90. The van der Waals surface area contributed by atoms with E-state index >= 15 is 0 Å².